The molecule has 1 unspecified atom stereocenters. The van der Waals surface area contributed by atoms with Crippen molar-refractivity contribution in [3.8, 4) is 0 Å². The van der Waals surface area contributed by atoms with Gasteiger partial charge in [-0.3, -0.25) is 4.79 Å². The van der Waals surface area contributed by atoms with Crippen LogP contribution >= 0.6 is 23.2 Å². The van der Waals surface area contributed by atoms with Crippen LogP contribution in [0.2, 0.25) is 10.2 Å². The monoisotopic (exact) mass is 302 g/mol. The van der Waals surface area contributed by atoms with Gasteiger partial charge >= 0.3 is 0 Å². The second-order valence-corrected chi connectivity index (χ2v) is 5.47. The van der Waals surface area contributed by atoms with E-state index in [1.165, 1.54) is 12.3 Å². The van der Waals surface area contributed by atoms with Crippen LogP contribution in [0.4, 0.5) is 0 Å². The molecule has 0 saturated carbocycles. The number of hydrogen-bond acceptors (Lipinski definition) is 3. The van der Waals surface area contributed by atoms with Gasteiger partial charge in [-0.1, -0.05) is 23.2 Å². The van der Waals surface area contributed by atoms with E-state index in [2.05, 4.69) is 10.3 Å². The fraction of sp³-hybridized carbons (Fsp3) is 0.538. The second kappa shape index (κ2) is 6.55. The first-order valence-electron chi connectivity index (χ1n) is 6.27. The van der Waals surface area contributed by atoms with E-state index in [1.807, 2.05) is 6.92 Å². The molecule has 6 heteroatoms. The maximum Gasteiger partial charge on any atom is 0.253 e. The summed E-state index contributed by atoms with van der Waals surface area (Å²) >= 11 is 11.6. The third-order valence-corrected chi connectivity index (χ3v) is 4.08. The summed E-state index contributed by atoms with van der Waals surface area (Å²) in [5.41, 5.74) is 0.424. The number of carbonyl (C=O) groups is 1. The lowest BCUT2D eigenvalue weighted by atomic mass is 9.93. The van der Waals surface area contributed by atoms with E-state index in [0.29, 0.717) is 11.5 Å². The maximum atomic E-state index is 12.1. The predicted octanol–water partition coefficient (Wildman–Crippen LogP) is 2.93. The molecular formula is C13H16Cl2N2O2. The Hall–Kier alpha value is -0.840. The standard InChI is InChI=1S/C13H16Cl2N2O2/c1-8(9-2-4-19-5-3-9)17-13(18)10-6-11(14)12(15)16-7-10/h6-9H,2-5H2,1H3,(H,17,18). The van der Waals surface area contributed by atoms with E-state index in [1.54, 1.807) is 0 Å². The smallest absolute Gasteiger partial charge is 0.253 e. The number of ether oxygens (including phenoxy) is 1. The minimum Gasteiger partial charge on any atom is -0.381 e. The van der Waals surface area contributed by atoms with Gasteiger partial charge < -0.3 is 10.1 Å². The zero-order chi connectivity index (χ0) is 13.8. The molecule has 1 amide bonds. The molecule has 0 aromatic carbocycles. The highest BCUT2D eigenvalue weighted by atomic mass is 35.5. The summed E-state index contributed by atoms with van der Waals surface area (Å²) in [6, 6.07) is 1.63. The highest BCUT2D eigenvalue weighted by Crippen LogP contribution is 2.21. The minimum absolute atomic E-state index is 0.103. The first kappa shape index (κ1) is 14.6. The zero-order valence-electron chi connectivity index (χ0n) is 10.7. The molecule has 1 aromatic rings. The second-order valence-electron chi connectivity index (χ2n) is 4.71. The van der Waals surface area contributed by atoms with Crippen molar-refractivity contribution in [2.24, 2.45) is 5.92 Å². The normalized spacial score (nSPS) is 18.1. The molecule has 2 heterocycles. The van der Waals surface area contributed by atoms with Crippen LogP contribution in [0.1, 0.15) is 30.1 Å². The fourth-order valence-electron chi connectivity index (χ4n) is 2.17. The Morgan fingerprint density at radius 1 is 1.47 bits per heavy atom. The van der Waals surface area contributed by atoms with Gasteiger partial charge in [-0.15, -0.1) is 0 Å². The average Bonchev–Trinajstić information content (AvgIpc) is 2.42. The number of halogens is 2. The van der Waals surface area contributed by atoms with Crippen molar-refractivity contribution in [3.05, 3.63) is 28.0 Å². The molecule has 1 aliphatic heterocycles. The Bertz CT molecular complexity index is 462. The van der Waals surface area contributed by atoms with Crippen molar-refractivity contribution < 1.29 is 9.53 Å². The van der Waals surface area contributed by atoms with E-state index < -0.39 is 0 Å². The molecule has 0 radical (unpaired) electrons. The van der Waals surface area contributed by atoms with Crippen molar-refractivity contribution >= 4 is 29.1 Å². The summed E-state index contributed by atoms with van der Waals surface area (Å²) in [7, 11) is 0. The van der Waals surface area contributed by atoms with Gasteiger partial charge in [0.2, 0.25) is 0 Å². The van der Waals surface area contributed by atoms with E-state index in [-0.39, 0.29) is 22.1 Å². The van der Waals surface area contributed by atoms with Gasteiger partial charge in [0, 0.05) is 25.5 Å². The van der Waals surface area contributed by atoms with Gasteiger partial charge in [-0.05, 0) is 31.7 Å². The number of aromatic nitrogens is 1. The van der Waals surface area contributed by atoms with Crippen LogP contribution in [0.25, 0.3) is 0 Å². The highest BCUT2D eigenvalue weighted by molar-refractivity contribution is 6.41. The van der Waals surface area contributed by atoms with E-state index in [9.17, 15) is 4.79 Å². The average molecular weight is 303 g/mol. The van der Waals surface area contributed by atoms with Crippen molar-refractivity contribution in [3.63, 3.8) is 0 Å². The van der Waals surface area contributed by atoms with Crippen LogP contribution in [0, 0.1) is 5.92 Å². The maximum absolute atomic E-state index is 12.1. The highest BCUT2D eigenvalue weighted by Gasteiger charge is 2.22. The first-order valence-corrected chi connectivity index (χ1v) is 7.03. The largest absolute Gasteiger partial charge is 0.381 e. The predicted molar refractivity (Wildman–Crippen MR) is 74.7 cm³/mol. The number of carbonyl (C=O) groups excluding carboxylic acids is 1. The quantitative estimate of drug-likeness (QED) is 0.874. The molecule has 2 rings (SSSR count). The molecule has 0 aliphatic carbocycles. The first-order chi connectivity index (χ1) is 9.08. The number of hydrogen-bond donors (Lipinski definition) is 1. The summed E-state index contributed by atoms with van der Waals surface area (Å²) in [6.07, 6.45) is 3.38. The lowest BCUT2D eigenvalue weighted by Gasteiger charge is -2.28. The van der Waals surface area contributed by atoms with Crippen LogP contribution in [-0.2, 0) is 4.74 Å². The molecule has 1 fully saturated rings. The topological polar surface area (TPSA) is 51.2 Å². The van der Waals surface area contributed by atoms with Gasteiger partial charge in [-0.2, -0.15) is 0 Å². The van der Waals surface area contributed by atoms with Crippen LogP contribution < -0.4 is 5.32 Å². The van der Waals surface area contributed by atoms with Gasteiger partial charge in [0.1, 0.15) is 5.15 Å². The van der Waals surface area contributed by atoms with Gasteiger partial charge in [0.05, 0.1) is 10.6 Å². The van der Waals surface area contributed by atoms with Crippen molar-refractivity contribution in [1.82, 2.24) is 10.3 Å². The molecule has 104 valence electrons. The van der Waals surface area contributed by atoms with Crippen LogP contribution in [0.3, 0.4) is 0 Å². The molecule has 19 heavy (non-hydrogen) atoms. The Balaban J connectivity index is 1.97. The van der Waals surface area contributed by atoms with Crippen molar-refractivity contribution in [1.29, 1.82) is 0 Å². The third-order valence-electron chi connectivity index (χ3n) is 3.39. The Kier molecular flexibility index (Phi) is 5.02. The third kappa shape index (κ3) is 3.81. The molecule has 0 bridgehead atoms. The summed E-state index contributed by atoms with van der Waals surface area (Å²) < 4.78 is 5.31. The summed E-state index contributed by atoms with van der Waals surface area (Å²) in [6.45, 7) is 3.54. The molecule has 1 N–H and O–H groups in total. The zero-order valence-corrected chi connectivity index (χ0v) is 12.2. The number of nitrogens with one attached hydrogen (secondary N) is 1. The molecule has 1 atom stereocenters. The van der Waals surface area contributed by atoms with Gasteiger partial charge in [-0.25, -0.2) is 4.98 Å². The van der Waals surface area contributed by atoms with Gasteiger partial charge in [0.15, 0.2) is 0 Å². The van der Waals surface area contributed by atoms with Crippen LogP contribution in [0.15, 0.2) is 12.3 Å². The molecule has 0 spiro atoms. The van der Waals surface area contributed by atoms with Crippen molar-refractivity contribution in [2.75, 3.05) is 13.2 Å². The summed E-state index contributed by atoms with van der Waals surface area (Å²) in [5.74, 6) is 0.276. The molecule has 1 saturated heterocycles. The SMILES string of the molecule is CC(NC(=O)c1cnc(Cl)c(Cl)c1)C1CCOCC1. The summed E-state index contributed by atoms with van der Waals surface area (Å²) in [4.78, 5) is 15.9. The van der Waals surface area contributed by atoms with E-state index >= 15 is 0 Å². The Morgan fingerprint density at radius 3 is 2.79 bits per heavy atom. The summed E-state index contributed by atoms with van der Waals surface area (Å²) in [5, 5.41) is 3.47. The molecule has 1 aromatic heterocycles. The Morgan fingerprint density at radius 2 is 2.16 bits per heavy atom. The Labute approximate surface area is 122 Å². The van der Waals surface area contributed by atoms with E-state index in [0.717, 1.165) is 26.1 Å². The van der Waals surface area contributed by atoms with Crippen LogP contribution in [0.5, 0.6) is 0 Å². The molecule has 1 aliphatic rings. The van der Waals surface area contributed by atoms with E-state index in [4.69, 9.17) is 27.9 Å². The lowest BCUT2D eigenvalue weighted by molar-refractivity contribution is 0.0538. The minimum atomic E-state index is -0.176. The van der Waals surface area contributed by atoms with Crippen molar-refractivity contribution in [2.45, 2.75) is 25.8 Å². The number of pyridine rings is 1. The van der Waals surface area contributed by atoms with Crippen LogP contribution in [-0.4, -0.2) is 30.1 Å². The number of nitrogens with zero attached hydrogens (tertiary/aromatic N) is 1. The number of rotatable bonds is 3. The van der Waals surface area contributed by atoms with Gasteiger partial charge in [0.25, 0.3) is 5.91 Å². The lowest BCUT2D eigenvalue weighted by Crippen LogP contribution is -2.40. The molecular weight excluding hydrogens is 287 g/mol. The molecule has 4 nitrogen and oxygen atoms in total. The fourth-order valence-corrected chi connectivity index (χ4v) is 2.44. The number of amides is 1.